The van der Waals surface area contributed by atoms with Gasteiger partial charge in [0.15, 0.2) is 11.2 Å². The number of rotatable bonds is 1. The molecule has 28 heavy (non-hydrogen) atoms. The summed E-state index contributed by atoms with van der Waals surface area (Å²) in [6, 6.07) is 9.82. The molecule has 0 amide bonds. The van der Waals surface area contributed by atoms with Crippen molar-refractivity contribution in [2.24, 2.45) is 19.1 Å². The van der Waals surface area contributed by atoms with Crippen LogP contribution in [0.5, 0.6) is 0 Å². The van der Waals surface area contributed by atoms with Crippen LogP contribution in [0.15, 0.2) is 35.3 Å². The summed E-state index contributed by atoms with van der Waals surface area (Å²) in [5.74, 6) is 0.440. The molecular formula is C17H22N6O4S. The van der Waals surface area contributed by atoms with Crippen LogP contribution < -0.4 is 21.5 Å². The maximum Gasteiger partial charge on any atom is 0.216 e. The molecule has 0 saturated heterocycles. The first-order valence-corrected chi connectivity index (χ1v) is 9.45. The van der Waals surface area contributed by atoms with Gasteiger partial charge in [-0.2, -0.15) is 9.55 Å². The number of hydrogen-bond acceptors (Lipinski definition) is 7. The molecule has 0 aliphatic heterocycles. The van der Waals surface area contributed by atoms with Crippen molar-refractivity contribution in [3.8, 4) is 0 Å². The van der Waals surface area contributed by atoms with Crippen LogP contribution in [0.1, 0.15) is 11.4 Å². The number of nitrogen functional groups attached to an aromatic ring is 2. The lowest BCUT2D eigenvalue weighted by atomic mass is 10.1. The molecular weight excluding hydrogens is 384 g/mol. The smallest absolute Gasteiger partial charge is 0.216 e. The number of pyridine rings is 1. The van der Waals surface area contributed by atoms with E-state index in [2.05, 4.69) is 14.5 Å². The Morgan fingerprint density at radius 3 is 2.39 bits per heavy atom. The summed E-state index contributed by atoms with van der Waals surface area (Å²) in [6.45, 7) is 4.00. The van der Waals surface area contributed by atoms with Gasteiger partial charge in [0, 0.05) is 37.9 Å². The van der Waals surface area contributed by atoms with Crippen molar-refractivity contribution in [2.75, 3.05) is 11.5 Å². The van der Waals surface area contributed by atoms with Crippen molar-refractivity contribution in [3.63, 3.8) is 0 Å². The number of hydrogen-bond donors (Lipinski definition) is 3. The Morgan fingerprint density at radius 2 is 1.82 bits per heavy atom. The third-order valence-electron chi connectivity index (χ3n) is 4.23. The third kappa shape index (κ3) is 5.25. The number of aryl methyl sites for hydroxylation is 3. The molecule has 0 bridgehead atoms. The number of nitrogens with zero attached hydrogens (tertiary/aromatic N) is 4. The second-order valence-corrected chi connectivity index (χ2v) is 7.07. The highest BCUT2D eigenvalue weighted by Gasteiger charge is 2.12. The van der Waals surface area contributed by atoms with Crippen molar-refractivity contribution < 1.29 is 22.1 Å². The molecule has 0 atom stereocenters. The van der Waals surface area contributed by atoms with Gasteiger partial charge in [0.1, 0.15) is 7.05 Å². The van der Waals surface area contributed by atoms with Gasteiger partial charge < -0.3 is 20.6 Å². The van der Waals surface area contributed by atoms with Crippen molar-refractivity contribution in [1.29, 1.82) is 0 Å². The summed E-state index contributed by atoms with van der Waals surface area (Å²) in [5.41, 5.74) is 17.3. The van der Waals surface area contributed by atoms with E-state index in [0.29, 0.717) is 11.4 Å². The van der Waals surface area contributed by atoms with E-state index in [0.717, 1.165) is 33.7 Å². The van der Waals surface area contributed by atoms with Gasteiger partial charge in [0.2, 0.25) is 21.9 Å². The number of anilines is 2. The zero-order valence-electron chi connectivity index (χ0n) is 15.9. The molecule has 1 aromatic carbocycles. The molecule has 5 N–H and O–H groups in total. The minimum Gasteiger partial charge on any atom is -0.726 e. The monoisotopic (exact) mass is 406 g/mol. The van der Waals surface area contributed by atoms with Crippen LogP contribution in [0, 0.1) is 13.8 Å². The Morgan fingerprint density at radius 1 is 1.21 bits per heavy atom. The van der Waals surface area contributed by atoms with Gasteiger partial charge in [-0.15, -0.1) is 0 Å². The van der Waals surface area contributed by atoms with Crippen LogP contribution in [-0.4, -0.2) is 27.1 Å². The Balaban J connectivity index is 0.000000500. The van der Waals surface area contributed by atoms with E-state index >= 15 is 0 Å². The summed E-state index contributed by atoms with van der Waals surface area (Å²) >= 11 is 0. The topological polar surface area (TPSA) is 164 Å². The number of fused-ring (bicyclic) bond motifs is 1. The molecule has 2 aromatic heterocycles. The summed E-state index contributed by atoms with van der Waals surface area (Å²) in [7, 11) is -1.02. The van der Waals surface area contributed by atoms with Crippen LogP contribution in [0.4, 0.5) is 17.3 Å². The molecule has 3 rings (SSSR count). The quantitative estimate of drug-likeness (QED) is 0.299. The molecule has 150 valence electrons. The van der Waals surface area contributed by atoms with E-state index in [1.165, 1.54) is 0 Å². The fourth-order valence-electron chi connectivity index (χ4n) is 2.58. The standard InChI is InChI=1S/C17H20N6.H2O4S/c1-10-7-14(18)13-6-5-12(9-15(13)22(10)3)20-16-8-11(2)23(4)17(19)21-16;1-5(2,3)4/h5-9H,1-4H3,(H3,18,19,20,21);(H2,1,2,3,4). The van der Waals surface area contributed by atoms with Gasteiger partial charge >= 0.3 is 0 Å². The van der Waals surface area contributed by atoms with E-state index in [1.807, 2.05) is 62.8 Å². The normalized spacial score (nSPS) is 12.0. The zero-order chi connectivity index (χ0) is 21.2. The molecule has 0 aliphatic rings. The minimum atomic E-state index is -4.92. The molecule has 0 unspecified atom stereocenters. The lowest BCUT2D eigenvalue weighted by molar-refractivity contribution is -0.651. The average molecular weight is 406 g/mol. The zero-order valence-corrected chi connectivity index (χ0v) is 16.7. The highest BCUT2D eigenvalue weighted by atomic mass is 32.3. The van der Waals surface area contributed by atoms with E-state index < -0.39 is 10.4 Å². The van der Waals surface area contributed by atoms with Gasteiger partial charge in [-0.25, -0.2) is 13.4 Å². The number of aromatic nitrogens is 3. The highest BCUT2D eigenvalue weighted by Crippen LogP contribution is 2.23. The van der Waals surface area contributed by atoms with E-state index in [9.17, 15) is 0 Å². The molecule has 2 heterocycles. The second-order valence-electron chi connectivity index (χ2n) is 6.21. The van der Waals surface area contributed by atoms with Gasteiger partial charge in [0.05, 0.1) is 16.8 Å². The number of nitrogens with two attached hydrogens (primary N) is 2. The summed E-state index contributed by atoms with van der Waals surface area (Å²) in [5, 5.41) is 1.01. The Hall–Kier alpha value is -3.02. The summed E-state index contributed by atoms with van der Waals surface area (Å²) in [4.78, 5) is 8.90. The predicted octanol–water partition coefficient (Wildman–Crippen LogP) is 0.416. The first kappa shape index (κ1) is 21.3. The van der Waals surface area contributed by atoms with Crippen LogP contribution >= 0.6 is 0 Å². The Labute approximate surface area is 162 Å². The van der Waals surface area contributed by atoms with Gasteiger partial charge in [-0.1, -0.05) is 0 Å². The molecule has 0 aliphatic carbocycles. The van der Waals surface area contributed by atoms with Crippen molar-refractivity contribution in [3.05, 3.63) is 47.2 Å². The fourth-order valence-corrected chi connectivity index (χ4v) is 2.58. The number of benzene rings is 1. The molecule has 10 nitrogen and oxygen atoms in total. The van der Waals surface area contributed by atoms with Crippen LogP contribution in [0.2, 0.25) is 0 Å². The van der Waals surface area contributed by atoms with Gasteiger partial charge in [-0.3, -0.25) is 4.55 Å². The molecule has 11 heteroatoms. The highest BCUT2D eigenvalue weighted by molar-refractivity contribution is 7.79. The van der Waals surface area contributed by atoms with Crippen molar-refractivity contribution in [2.45, 2.75) is 13.8 Å². The maximum absolute atomic E-state index is 8.63. The van der Waals surface area contributed by atoms with E-state index in [1.54, 1.807) is 0 Å². The first-order valence-electron chi connectivity index (χ1n) is 8.09. The summed E-state index contributed by atoms with van der Waals surface area (Å²) < 4.78 is 36.8. The van der Waals surface area contributed by atoms with Crippen LogP contribution in [-0.2, 0) is 24.5 Å². The van der Waals surface area contributed by atoms with Gasteiger partial charge in [-0.05, 0) is 19.1 Å². The SMILES string of the molecule is Cc1cc(=Nc2ccc3c(N)cc(C)[n+](C)c3c2)nc(N)n1C.O=S(=O)([O-])O. The Bertz CT molecular complexity index is 1180. The fraction of sp³-hybridized carbons (Fsp3) is 0.235. The lowest BCUT2D eigenvalue weighted by Crippen LogP contribution is -2.33. The van der Waals surface area contributed by atoms with Crippen LogP contribution in [0.3, 0.4) is 0 Å². The van der Waals surface area contributed by atoms with E-state index in [-0.39, 0.29) is 0 Å². The van der Waals surface area contributed by atoms with E-state index in [4.69, 9.17) is 29.0 Å². The predicted molar refractivity (Wildman–Crippen MR) is 104 cm³/mol. The third-order valence-corrected chi connectivity index (χ3v) is 4.23. The van der Waals surface area contributed by atoms with Crippen molar-refractivity contribution >= 4 is 38.6 Å². The molecule has 0 fully saturated rings. The molecule has 0 radical (unpaired) electrons. The van der Waals surface area contributed by atoms with Crippen LogP contribution in [0.25, 0.3) is 10.9 Å². The van der Waals surface area contributed by atoms with Crippen molar-refractivity contribution in [1.82, 2.24) is 9.55 Å². The Kier molecular flexibility index (Phi) is 6.02. The molecule has 0 saturated carbocycles. The first-order chi connectivity index (χ1) is 12.9. The molecule has 0 spiro atoms. The second kappa shape index (κ2) is 7.92. The lowest BCUT2D eigenvalue weighted by Gasteiger charge is -2.06. The van der Waals surface area contributed by atoms with Gasteiger partial charge in [0.25, 0.3) is 0 Å². The molecule has 3 aromatic rings. The summed E-state index contributed by atoms with van der Waals surface area (Å²) in [6.07, 6.45) is 0. The maximum atomic E-state index is 8.63. The average Bonchev–Trinajstić information content (AvgIpc) is 2.56. The minimum absolute atomic E-state index is 0.440. The largest absolute Gasteiger partial charge is 0.726 e.